The van der Waals surface area contributed by atoms with E-state index in [4.69, 9.17) is 0 Å². The third kappa shape index (κ3) is 2.57. The van der Waals surface area contributed by atoms with Gasteiger partial charge in [0.15, 0.2) is 0 Å². The molecule has 1 N–H and O–H groups in total. The number of fused-ring (bicyclic) bond motifs is 1. The van der Waals surface area contributed by atoms with Gasteiger partial charge in [0.25, 0.3) is 0 Å². The average Bonchev–Trinajstić information content (AvgIpc) is 2.79. The van der Waals surface area contributed by atoms with Crippen molar-refractivity contribution < 1.29 is 4.79 Å². The van der Waals surface area contributed by atoms with Gasteiger partial charge in [-0.15, -0.1) is 0 Å². The molecule has 0 unspecified atom stereocenters. The van der Waals surface area contributed by atoms with Gasteiger partial charge in [0.1, 0.15) is 5.82 Å². The van der Waals surface area contributed by atoms with Crippen molar-refractivity contribution in [2.75, 3.05) is 10.2 Å². The number of hydrogen-bond donors (Lipinski definition) is 1. The zero-order valence-corrected chi connectivity index (χ0v) is 15.4. The molecule has 1 aliphatic heterocycles. The lowest BCUT2D eigenvalue weighted by molar-refractivity contribution is -0.122. The Morgan fingerprint density at radius 1 is 1.27 bits per heavy atom. The first-order valence-electron chi connectivity index (χ1n) is 8.91. The molecule has 0 radical (unpaired) electrons. The average molecular weight is 349 g/mol. The van der Waals surface area contributed by atoms with Gasteiger partial charge in [0.2, 0.25) is 11.9 Å². The third-order valence-electron chi connectivity index (χ3n) is 5.40. The second-order valence-electron chi connectivity index (χ2n) is 7.72. The van der Waals surface area contributed by atoms with Gasteiger partial charge in [-0.1, -0.05) is 12.6 Å². The first-order valence-corrected chi connectivity index (χ1v) is 8.91. The third-order valence-corrected chi connectivity index (χ3v) is 5.40. The summed E-state index contributed by atoms with van der Waals surface area (Å²) in [6.07, 6.45) is 7.04. The maximum atomic E-state index is 12.9. The predicted molar refractivity (Wildman–Crippen MR) is 102 cm³/mol. The van der Waals surface area contributed by atoms with Crippen LogP contribution in [0.15, 0.2) is 37.3 Å². The van der Waals surface area contributed by atoms with E-state index in [1.54, 1.807) is 18.6 Å². The van der Waals surface area contributed by atoms with E-state index in [0.717, 1.165) is 35.4 Å². The number of amides is 1. The second kappa shape index (κ2) is 5.90. The molecule has 4 rings (SSSR count). The molecule has 3 heterocycles. The molecule has 134 valence electrons. The van der Waals surface area contributed by atoms with Crippen molar-refractivity contribution in [1.82, 2.24) is 15.0 Å². The van der Waals surface area contributed by atoms with Crippen LogP contribution in [0.25, 0.3) is 5.57 Å². The minimum absolute atomic E-state index is 0.136. The first kappa shape index (κ1) is 16.7. The minimum Gasteiger partial charge on any atom is -0.351 e. The molecule has 6 nitrogen and oxygen atoms in total. The fourth-order valence-corrected chi connectivity index (χ4v) is 3.65. The van der Waals surface area contributed by atoms with Crippen molar-refractivity contribution in [2.24, 2.45) is 0 Å². The molecule has 0 saturated heterocycles. The molecule has 2 aliphatic rings. The highest BCUT2D eigenvalue weighted by Gasteiger charge is 2.50. The lowest BCUT2D eigenvalue weighted by Gasteiger charge is -2.41. The van der Waals surface area contributed by atoms with Crippen LogP contribution in [0.2, 0.25) is 0 Å². The molecular weight excluding hydrogens is 326 g/mol. The summed E-state index contributed by atoms with van der Waals surface area (Å²) in [7, 11) is 0. The van der Waals surface area contributed by atoms with Crippen LogP contribution in [-0.4, -0.2) is 32.9 Å². The van der Waals surface area contributed by atoms with E-state index in [-0.39, 0.29) is 18.0 Å². The van der Waals surface area contributed by atoms with Crippen molar-refractivity contribution in [3.8, 4) is 0 Å². The number of aromatic nitrogens is 3. The number of nitrogens with one attached hydrogen (secondary N) is 1. The molecule has 0 bridgehead atoms. The van der Waals surface area contributed by atoms with E-state index in [9.17, 15) is 4.79 Å². The lowest BCUT2D eigenvalue weighted by Crippen LogP contribution is -2.53. The van der Waals surface area contributed by atoms with Gasteiger partial charge in [-0.25, -0.2) is 15.0 Å². The molecule has 2 aromatic heterocycles. The monoisotopic (exact) mass is 349 g/mol. The van der Waals surface area contributed by atoms with Gasteiger partial charge in [0, 0.05) is 41.8 Å². The molecule has 1 saturated carbocycles. The largest absolute Gasteiger partial charge is 0.351 e. The van der Waals surface area contributed by atoms with Gasteiger partial charge in [-0.2, -0.15) is 0 Å². The highest BCUT2D eigenvalue weighted by Crippen LogP contribution is 2.44. The Morgan fingerprint density at radius 3 is 2.62 bits per heavy atom. The van der Waals surface area contributed by atoms with E-state index in [1.807, 2.05) is 37.8 Å². The summed E-state index contributed by atoms with van der Waals surface area (Å²) in [5.74, 6) is 1.56. The van der Waals surface area contributed by atoms with Crippen molar-refractivity contribution in [3.63, 3.8) is 0 Å². The summed E-state index contributed by atoms with van der Waals surface area (Å²) < 4.78 is 0. The van der Waals surface area contributed by atoms with Crippen molar-refractivity contribution in [2.45, 2.75) is 51.1 Å². The SMILES string of the molecule is C=C(C)c1cnc(NC2CC(N3C(=O)C(C)(C)c4cccnc43)C2)nc1. The number of carbonyl (C=O) groups is 1. The smallest absolute Gasteiger partial charge is 0.238 e. The van der Waals surface area contributed by atoms with Crippen molar-refractivity contribution >= 4 is 23.2 Å². The molecule has 1 amide bonds. The molecule has 26 heavy (non-hydrogen) atoms. The van der Waals surface area contributed by atoms with Gasteiger partial charge in [0.05, 0.1) is 5.41 Å². The van der Waals surface area contributed by atoms with E-state index in [0.29, 0.717) is 5.95 Å². The molecule has 2 aromatic rings. The maximum Gasteiger partial charge on any atom is 0.238 e. The summed E-state index contributed by atoms with van der Waals surface area (Å²) in [6, 6.07) is 4.34. The fourth-order valence-electron chi connectivity index (χ4n) is 3.65. The van der Waals surface area contributed by atoms with E-state index in [2.05, 4.69) is 26.8 Å². The van der Waals surface area contributed by atoms with Crippen LogP contribution in [0.1, 0.15) is 44.7 Å². The fraction of sp³-hybridized carbons (Fsp3) is 0.400. The Kier molecular flexibility index (Phi) is 3.79. The van der Waals surface area contributed by atoms with Crippen molar-refractivity contribution in [3.05, 3.63) is 48.4 Å². The van der Waals surface area contributed by atoms with E-state index < -0.39 is 5.41 Å². The topological polar surface area (TPSA) is 71.0 Å². The Bertz CT molecular complexity index is 868. The van der Waals surface area contributed by atoms with Crippen LogP contribution in [0.3, 0.4) is 0 Å². The van der Waals surface area contributed by atoms with Gasteiger partial charge in [-0.3, -0.25) is 9.69 Å². The first-order chi connectivity index (χ1) is 12.4. The highest BCUT2D eigenvalue weighted by atomic mass is 16.2. The molecule has 1 aliphatic carbocycles. The summed E-state index contributed by atoms with van der Waals surface area (Å²) in [5.41, 5.74) is 2.39. The van der Waals surface area contributed by atoms with Gasteiger partial charge >= 0.3 is 0 Å². The number of allylic oxidation sites excluding steroid dienone is 1. The standard InChI is InChI=1S/C20H23N5O/c1-12(2)13-10-22-19(23-11-13)24-14-8-15(9-14)25-17-16(6-5-7-21-17)20(3,4)18(25)26/h5-7,10-11,14-15H,1,8-9H2,2-4H3,(H,22,23,24). The molecule has 0 spiro atoms. The number of hydrogen-bond acceptors (Lipinski definition) is 5. The molecule has 0 aromatic carbocycles. The summed E-state index contributed by atoms with van der Waals surface area (Å²) in [5, 5.41) is 3.35. The molecule has 1 fully saturated rings. The van der Waals surface area contributed by atoms with Gasteiger partial charge < -0.3 is 5.32 Å². The van der Waals surface area contributed by atoms with Crippen LogP contribution in [-0.2, 0) is 10.2 Å². The second-order valence-corrected chi connectivity index (χ2v) is 7.72. The van der Waals surface area contributed by atoms with Crippen LogP contribution in [0.5, 0.6) is 0 Å². The Morgan fingerprint density at radius 2 is 1.96 bits per heavy atom. The van der Waals surface area contributed by atoms with E-state index >= 15 is 0 Å². The Hall–Kier alpha value is -2.76. The quantitative estimate of drug-likeness (QED) is 0.918. The zero-order chi connectivity index (χ0) is 18.5. The number of rotatable bonds is 4. The number of pyridine rings is 1. The van der Waals surface area contributed by atoms with Crippen LogP contribution >= 0.6 is 0 Å². The number of anilines is 2. The molecular formula is C20H23N5O. The lowest BCUT2D eigenvalue weighted by atomic mass is 9.84. The normalized spacial score (nSPS) is 23.3. The maximum absolute atomic E-state index is 12.9. The van der Waals surface area contributed by atoms with Crippen molar-refractivity contribution in [1.29, 1.82) is 0 Å². The minimum atomic E-state index is -0.510. The van der Waals surface area contributed by atoms with Crippen LogP contribution < -0.4 is 10.2 Å². The molecule has 0 atom stereocenters. The number of nitrogens with zero attached hydrogens (tertiary/aromatic N) is 4. The molecule has 6 heteroatoms. The number of carbonyl (C=O) groups excluding carboxylic acids is 1. The summed E-state index contributed by atoms with van der Waals surface area (Å²) in [4.78, 5) is 28.0. The van der Waals surface area contributed by atoms with Gasteiger partial charge in [-0.05, 0) is 45.3 Å². The zero-order valence-electron chi connectivity index (χ0n) is 15.4. The summed E-state index contributed by atoms with van der Waals surface area (Å²) >= 11 is 0. The van der Waals surface area contributed by atoms with Crippen LogP contribution in [0.4, 0.5) is 11.8 Å². The van der Waals surface area contributed by atoms with E-state index in [1.165, 1.54) is 0 Å². The highest BCUT2D eigenvalue weighted by molar-refractivity contribution is 6.07. The van der Waals surface area contributed by atoms with Crippen LogP contribution in [0, 0.1) is 0 Å². The Labute approximate surface area is 153 Å². The Balaban J connectivity index is 1.44. The summed E-state index contributed by atoms with van der Waals surface area (Å²) in [6.45, 7) is 9.77. The predicted octanol–water partition coefficient (Wildman–Crippen LogP) is 3.17.